The number of anilines is 1. The van der Waals surface area contributed by atoms with Gasteiger partial charge >= 0.3 is 0 Å². The fraction of sp³-hybridized carbons (Fsp3) is 0.417. The zero-order valence-electron chi connectivity index (χ0n) is 18.0. The van der Waals surface area contributed by atoms with Gasteiger partial charge in [-0.1, -0.05) is 39.8 Å². The summed E-state index contributed by atoms with van der Waals surface area (Å²) in [6, 6.07) is 14.8. The second kappa shape index (κ2) is 10.1. The van der Waals surface area contributed by atoms with E-state index in [0.717, 1.165) is 12.8 Å². The summed E-state index contributed by atoms with van der Waals surface area (Å²) < 4.78 is 5.58. The van der Waals surface area contributed by atoms with Crippen LogP contribution in [0.2, 0.25) is 0 Å². The maximum absolute atomic E-state index is 12.1. The Morgan fingerprint density at radius 3 is 2.17 bits per heavy atom. The van der Waals surface area contributed by atoms with Gasteiger partial charge in [0.25, 0.3) is 11.8 Å². The topological polar surface area (TPSA) is 67.4 Å². The Kier molecular flexibility index (Phi) is 7.82. The first-order valence-electron chi connectivity index (χ1n) is 10.2. The molecule has 0 aliphatic heterocycles. The fourth-order valence-corrected chi connectivity index (χ4v) is 2.67. The molecular formula is C24H32N2O3. The normalized spacial score (nSPS) is 12.2. The van der Waals surface area contributed by atoms with Crippen molar-refractivity contribution >= 4 is 17.5 Å². The van der Waals surface area contributed by atoms with Gasteiger partial charge < -0.3 is 15.4 Å². The molecule has 0 heterocycles. The molecule has 5 nitrogen and oxygen atoms in total. The third-order valence-corrected chi connectivity index (χ3v) is 5.31. The molecular weight excluding hydrogens is 364 g/mol. The molecule has 5 heteroatoms. The van der Waals surface area contributed by atoms with E-state index in [1.807, 2.05) is 38.1 Å². The molecule has 0 saturated carbocycles. The summed E-state index contributed by atoms with van der Waals surface area (Å²) >= 11 is 0. The lowest BCUT2D eigenvalue weighted by Crippen LogP contribution is -2.31. The van der Waals surface area contributed by atoms with Crippen LogP contribution in [-0.4, -0.2) is 24.5 Å². The summed E-state index contributed by atoms with van der Waals surface area (Å²) in [5.41, 5.74) is 2.55. The monoisotopic (exact) mass is 396 g/mol. The largest absolute Gasteiger partial charge is 0.484 e. The first-order valence-corrected chi connectivity index (χ1v) is 10.2. The van der Waals surface area contributed by atoms with Crippen LogP contribution in [0.4, 0.5) is 5.69 Å². The van der Waals surface area contributed by atoms with E-state index in [4.69, 9.17) is 4.74 Å². The van der Waals surface area contributed by atoms with Crippen LogP contribution in [0.3, 0.4) is 0 Å². The Bertz CT molecular complexity index is 811. The van der Waals surface area contributed by atoms with Gasteiger partial charge in [-0.25, -0.2) is 0 Å². The predicted molar refractivity (Wildman–Crippen MR) is 118 cm³/mol. The third-order valence-electron chi connectivity index (χ3n) is 5.31. The molecule has 2 amide bonds. The van der Waals surface area contributed by atoms with Gasteiger partial charge in [-0.3, -0.25) is 9.59 Å². The van der Waals surface area contributed by atoms with Crippen molar-refractivity contribution in [3.8, 4) is 5.75 Å². The maximum atomic E-state index is 12.1. The molecule has 0 aliphatic rings. The molecule has 156 valence electrons. The number of hydrogen-bond acceptors (Lipinski definition) is 3. The number of benzene rings is 2. The molecule has 0 aromatic heterocycles. The highest BCUT2D eigenvalue weighted by Gasteiger charge is 2.17. The van der Waals surface area contributed by atoms with E-state index in [-0.39, 0.29) is 29.9 Å². The zero-order chi connectivity index (χ0) is 21.4. The van der Waals surface area contributed by atoms with Crippen LogP contribution < -0.4 is 15.4 Å². The van der Waals surface area contributed by atoms with Gasteiger partial charge in [-0.2, -0.15) is 0 Å². The first kappa shape index (κ1) is 22.5. The maximum Gasteiger partial charge on any atom is 0.262 e. The standard InChI is InChI=1S/C24H32N2O3/c1-6-17(3)25-23(28)18-8-12-20(13-9-18)26-22(27)16-29-21-14-10-19(11-15-21)24(4,5)7-2/h8-15,17H,6-7,16H2,1-5H3,(H,25,28)(H,26,27). The van der Waals surface area contributed by atoms with E-state index in [0.29, 0.717) is 17.0 Å². The van der Waals surface area contributed by atoms with Crippen molar-refractivity contribution in [1.29, 1.82) is 0 Å². The summed E-state index contributed by atoms with van der Waals surface area (Å²) in [5, 5.41) is 5.69. The molecule has 1 atom stereocenters. The van der Waals surface area contributed by atoms with Crippen LogP contribution in [0.5, 0.6) is 5.75 Å². The third kappa shape index (κ3) is 6.63. The minimum Gasteiger partial charge on any atom is -0.484 e. The van der Waals surface area contributed by atoms with Gasteiger partial charge in [0, 0.05) is 17.3 Å². The average Bonchev–Trinajstić information content (AvgIpc) is 2.73. The minimum atomic E-state index is -0.250. The van der Waals surface area contributed by atoms with Crippen LogP contribution in [0, 0.1) is 0 Å². The number of amides is 2. The van der Waals surface area contributed by atoms with Crippen molar-refractivity contribution in [2.24, 2.45) is 0 Å². The summed E-state index contributed by atoms with van der Waals surface area (Å²) in [6.07, 6.45) is 1.92. The predicted octanol–water partition coefficient (Wildman–Crippen LogP) is 4.92. The van der Waals surface area contributed by atoms with Crippen molar-refractivity contribution < 1.29 is 14.3 Å². The van der Waals surface area contributed by atoms with Gasteiger partial charge in [-0.15, -0.1) is 0 Å². The highest BCUT2D eigenvalue weighted by Crippen LogP contribution is 2.28. The van der Waals surface area contributed by atoms with Gasteiger partial charge in [-0.05, 0) is 67.1 Å². The van der Waals surface area contributed by atoms with Crippen molar-refractivity contribution in [1.82, 2.24) is 5.32 Å². The Morgan fingerprint density at radius 2 is 1.62 bits per heavy atom. The van der Waals surface area contributed by atoms with Crippen LogP contribution in [0.15, 0.2) is 48.5 Å². The van der Waals surface area contributed by atoms with Crippen molar-refractivity contribution in [3.63, 3.8) is 0 Å². The Balaban J connectivity index is 1.85. The molecule has 2 rings (SSSR count). The van der Waals surface area contributed by atoms with Crippen molar-refractivity contribution in [3.05, 3.63) is 59.7 Å². The number of carbonyl (C=O) groups excluding carboxylic acids is 2. The highest BCUT2D eigenvalue weighted by molar-refractivity contribution is 5.96. The van der Waals surface area contributed by atoms with E-state index in [9.17, 15) is 9.59 Å². The average molecular weight is 397 g/mol. The quantitative estimate of drug-likeness (QED) is 0.632. The van der Waals surface area contributed by atoms with Gasteiger partial charge in [0.15, 0.2) is 6.61 Å². The number of hydrogen-bond donors (Lipinski definition) is 2. The summed E-state index contributed by atoms with van der Waals surface area (Å²) in [4.78, 5) is 24.2. The van der Waals surface area contributed by atoms with Gasteiger partial charge in [0.05, 0.1) is 0 Å². The number of rotatable bonds is 9. The van der Waals surface area contributed by atoms with Crippen molar-refractivity contribution in [2.45, 2.75) is 58.9 Å². The molecule has 0 spiro atoms. The lowest BCUT2D eigenvalue weighted by molar-refractivity contribution is -0.118. The molecule has 0 saturated heterocycles. The van der Waals surface area contributed by atoms with E-state index in [1.54, 1.807) is 24.3 Å². The smallest absolute Gasteiger partial charge is 0.262 e. The van der Waals surface area contributed by atoms with Crippen LogP contribution in [0.1, 0.15) is 63.4 Å². The number of carbonyl (C=O) groups is 2. The summed E-state index contributed by atoms with van der Waals surface area (Å²) in [7, 11) is 0. The molecule has 2 aromatic rings. The SMILES string of the molecule is CCC(C)NC(=O)c1ccc(NC(=O)COc2ccc(C(C)(C)CC)cc2)cc1. The van der Waals surface area contributed by atoms with Crippen LogP contribution >= 0.6 is 0 Å². The molecule has 0 fully saturated rings. The second-order valence-electron chi connectivity index (χ2n) is 7.96. The Hall–Kier alpha value is -2.82. The van der Waals surface area contributed by atoms with Gasteiger partial charge in [0.2, 0.25) is 0 Å². The van der Waals surface area contributed by atoms with Crippen LogP contribution in [-0.2, 0) is 10.2 Å². The molecule has 0 aliphatic carbocycles. The minimum absolute atomic E-state index is 0.0766. The summed E-state index contributed by atoms with van der Waals surface area (Å²) in [5.74, 6) is 0.294. The highest BCUT2D eigenvalue weighted by atomic mass is 16.5. The van der Waals surface area contributed by atoms with E-state index >= 15 is 0 Å². The van der Waals surface area contributed by atoms with E-state index < -0.39 is 0 Å². The second-order valence-corrected chi connectivity index (χ2v) is 7.96. The Labute approximate surface area is 173 Å². The lowest BCUT2D eigenvalue weighted by Gasteiger charge is -2.23. The molecule has 2 N–H and O–H groups in total. The van der Waals surface area contributed by atoms with E-state index in [1.165, 1.54) is 5.56 Å². The molecule has 0 radical (unpaired) electrons. The lowest BCUT2D eigenvalue weighted by atomic mass is 9.82. The van der Waals surface area contributed by atoms with Crippen LogP contribution in [0.25, 0.3) is 0 Å². The molecule has 2 aromatic carbocycles. The van der Waals surface area contributed by atoms with Gasteiger partial charge in [0.1, 0.15) is 5.75 Å². The first-order chi connectivity index (χ1) is 13.7. The number of nitrogens with one attached hydrogen (secondary N) is 2. The molecule has 1 unspecified atom stereocenters. The summed E-state index contributed by atoms with van der Waals surface area (Å²) in [6.45, 7) is 10.5. The number of ether oxygens (including phenoxy) is 1. The van der Waals surface area contributed by atoms with Crippen molar-refractivity contribution in [2.75, 3.05) is 11.9 Å². The van der Waals surface area contributed by atoms with E-state index in [2.05, 4.69) is 31.4 Å². The fourth-order valence-electron chi connectivity index (χ4n) is 2.67. The Morgan fingerprint density at radius 1 is 1.00 bits per heavy atom. The zero-order valence-corrected chi connectivity index (χ0v) is 18.0. The molecule has 0 bridgehead atoms. The molecule has 29 heavy (non-hydrogen) atoms.